The van der Waals surface area contributed by atoms with Crippen molar-refractivity contribution in [2.24, 2.45) is 0 Å². The Morgan fingerprint density at radius 2 is 0.426 bits per heavy atom. The normalized spacial score (nSPS) is 15.0. The maximum atomic E-state index is 11.3. The highest BCUT2D eigenvalue weighted by molar-refractivity contribution is 5.99. The van der Waals surface area contributed by atoms with Crippen molar-refractivity contribution in [2.75, 3.05) is 0 Å². The van der Waals surface area contributed by atoms with Crippen LogP contribution in [0.5, 0.6) is 23.0 Å². The van der Waals surface area contributed by atoms with Gasteiger partial charge in [0.1, 0.15) is 23.0 Å². The minimum atomic E-state index is -0.899. The molecule has 0 saturated heterocycles. The van der Waals surface area contributed by atoms with E-state index in [-0.39, 0.29) is 33.8 Å². The van der Waals surface area contributed by atoms with Crippen LogP contribution in [-0.2, 0) is 21.7 Å². The second kappa shape index (κ2) is 28.2. The molecule has 0 aliphatic heterocycles. The molecule has 4 nitrogen and oxygen atoms in total. The Labute approximate surface area is 562 Å². The van der Waals surface area contributed by atoms with Crippen molar-refractivity contribution in [3.63, 3.8) is 0 Å². The largest absolute Gasteiger partial charge is 0.508 e. The van der Waals surface area contributed by atoms with Crippen molar-refractivity contribution in [2.45, 2.75) is 229 Å². The van der Waals surface area contributed by atoms with E-state index in [1.54, 1.807) is 0 Å². The van der Waals surface area contributed by atoms with Crippen molar-refractivity contribution < 1.29 is 20.4 Å². The Morgan fingerprint density at radius 3 is 0.681 bits per heavy atom. The third kappa shape index (κ3) is 11.4. The molecule has 9 aromatic carbocycles. The summed E-state index contributed by atoms with van der Waals surface area (Å²) < 4.78 is 0. The minimum absolute atomic E-state index is 0.178. The molecule has 94 heavy (non-hydrogen) atoms. The van der Waals surface area contributed by atoms with Gasteiger partial charge in [-0.2, -0.15) is 0 Å². The van der Waals surface area contributed by atoms with E-state index in [0.29, 0.717) is 0 Å². The average molecular weight is 1250 g/mol. The van der Waals surface area contributed by atoms with E-state index in [2.05, 4.69) is 161 Å². The molecule has 0 aromatic heterocycles. The van der Waals surface area contributed by atoms with Crippen LogP contribution in [0.1, 0.15) is 274 Å². The monoisotopic (exact) mass is 1250 g/mol. The summed E-state index contributed by atoms with van der Waals surface area (Å²) in [7, 11) is 0. The molecular formula is C90H102O4. The number of aromatic hydroxyl groups is 4. The van der Waals surface area contributed by atoms with Crippen molar-refractivity contribution >= 4 is 0 Å². The van der Waals surface area contributed by atoms with E-state index in [9.17, 15) is 20.4 Å². The SMILES string of the molecule is CCCCCCCCC1(CCCCCCCC)c2ccccc2-c2cc3c(cc21)-c1cc2c(cc1C3(c1ccc(O)cc1)c1ccc(O)cc1)-c1cc3c(cc1C2(c1ccc(O)cc1)c1ccc(O)cc1)-c1ccccc1C3(CCCCCCCC)CCCCCCCC. The summed E-state index contributed by atoms with van der Waals surface area (Å²) in [6.07, 6.45) is 34.3. The molecule has 13 rings (SSSR count). The van der Waals surface area contributed by atoms with Crippen LogP contribution in [0, 0.1) is 0 Å². The van der Waals surface area contributed by atoms with Gasteiger partial charge >= 0.3 is 0 Å². The number of hydrogen-bond donors (Lipinski definition) is 4. The van der Waals surface area contributed by atoms with Gasteiger partial charge in [-0.1, -0.05) is 279 Å². The second-order valence-corrected chi connectivity index (χ2v) is 28.8. The first kappa shape index (κ1) is 64.9. The summed E-state index contributed by atoms with van der Waals surface area (Å²) in [5.74, 6) is 0.873. The van der Waals surface area contributed by atoms with Gasteiger partial charge in [0.05, 0.1) is 10.8 Å². The lowest BCUT2D eigenvalue weighted by Gasteiger charge is -2.36. The number of hydrogen-bond acceptors (Lipinski definition) is 4. The van der Waals surface area contributed by atoms with Crippen LogP contribution in [0.2, 0.25) is 0 Å². The Hall–Kier alpha value is -7.82. The molecular weight excluding hydrogens is 1140 g/mol. The molecule has 9 aromatic rings. The summed E-state index contributed by atoms with van der Waals surface area (Å²) in [6.45, 7) is 9.25. The average Bonchev–Trinajstić information content (AvgIpc) is 1.50. The van der Waals surface area contributed by atoms with Crippen molar-refractivity contribution in [1.29, 1.82) is 0 Å². The number of unbranched alkanes of at least 4 members (excludes halogenated alkanes) is 20. The fourth-order valence-electron chi connectivity index (χ4n) is 18.6. The minimum Gasteiger partial charge on any atom is -0.508 e. The zero-order chi connectivity index (χ0) is 64.9. The van der Waals surface area contributed by atoms with Crippen LogP contribution < -0.4 is 0 Å². The van der Waals surface area contributed by atoms with Crippen molar-refractivity contribution in [3.05, 3.63) is 249 Å². The Balaban J connectivity index is 1.11. The van der Waals surface area contributed by atoms with Gasteiger partial charge in [-0.25, -0.2) is 0 Å². The molecule has 0 fully saturated rings. The number of rotatable bonds is 32. The molecule has 4 heteroatoms. The van der Waals surface area contributed by atoms with Gasteiger partial charge in [-0.05, 0) is 222 Å². The number of phenols is 4. The highest BCUT2D eigenvalue weighted by Crippen LogP contribution is 2.67. The van der Waals surface area contributed by atoms with Gasteiger partial charge in [0.25, 0.3) is 0 Å². The van der Waals surface area contributed by atoms with Gasteiger partial charge < -0.3 is 20.4 Å². The molecule has 486 valence electrons. The van der Waals surface area contributed by atoms with E-state index >= 15 is 0 Å². The van der Waals surface area contributed by atoms with E-state index in [1.165, 1.54) is 243 Å². The van der Waals surface area contributed by atoms with Crippen LogP contribution >= 0.6 is 0 Å². The Morgan fingerprint density at radius 1 is 0.213 bits per heavy atom. The van der Waals surface area contributed by atoms with Gasteiger partial charge in [0.2, 0.25) is 0 Å². The quantitative estimate of drug-likeness (QED) is 0.0317. The van der Waals surface area contributed by atoms with E-state index in [4.69, 9.17) is 0 Å². The lowest BCUT2D eigenvalue weighted by atomic mass is 9.65. The van der Waals surface area contributed by atoms with Crippen molar-refractivity contribution in [1.82, 2.24) is 0 Å². The predicted octanol–water partition coefficient (Wildman–Crippen LogP) is 24.8. The molecule has 0 atom stereocenters. The highest BCUT2D eigenvalue weighted by Gasteiger charge is 2.55. The maximum absolute atomic E-state index is 11.3. The zero-order valence-corrected chi connectivity index (χ0v) is 56.9. The Bertz CT molecular complexity index is 3680. The van der Waals surface area contributed by atoms with Crippen LogP contribution in [0.25, 0.3) is 44.5 Å². The van der Waals surface area contributed by atoms with E-state index < -0.39 is 10.8 Å². The summed E-state index contributed by atoms with van der Waals surface area (Å²) in [4.78, 5) is 0. The van der Waals surface area contributed by atoms with Gasteiger partial charge in [-0.3, -0.25) is 0 Å². The fraction of sp³-hybridized carbons (Fsp3) is 0.400. The van der Waals surface area contributed by atoms with E-state index in [0.717, 1.165) is 47.9 Å². The third-order valence-electron chi connectivity index (χ3n) is 23.2. The summed E-state index contributed by atoms with van der Waals surface area (Å²) >= 11 is 0. The standard InChI is InChI=1S/C90H102O4/c1-5-9-13-17-21-29-53-87(54-30-22-18-14-10-6-2)79-35-27-25-33-71(79)73-59-83-75(57-81(73)87)77-61-86-78(62-85(77)89(83,63-37-45-67(91)46-38-63)64-39-47-68(92)48-40-64)76-58-82-74(60-84(76)90(86,65-41-49-69(93)50-42-65)66-43-51-70(94)52-44-66)72-34-26-28-36-80(72)88(82,55-31-23-19-15-11-7-3)56-32-24-20-16-12-8-4/h25-28,33-52,57-62,91-94H,5-24,29-32,53-56H2,1-4H3. The first-order chi connectivity index (χ1) is 46.1. The van der Waals surface area contributed by atoms with Crippen LogP contribution in [0.15, 0.2) is 182 Å². The molecule has 0 unspecified atom stereocenters. The fourth-order valence-corrected chi connectivity index (χ4v) is 18.6. The van der Waals surface area contributed by atoms with Crippen LogP contribution in [0.3, 0.4) is 0 Å². The zero-order valence-electron chi connectivity index (χ0n) is 56.9. The smallest absolute Gasteiger partial charge is 0.115 e. The number of benzene rings is 9. The summed E-state index contributed by atoms with van der Waals surface area (Å²) in [5.41, 5.74) is 22.8. The molecule has 4 N–H and O–H groups in total. The number of phenolic OH excluding ortho intramolecular Hbond substituents is 4. The van der Waals surface area contributed by atoms with E-state index in [1.807, 2.05) is 48.5 Å². The third-order valence-corrected chi connectivity index (χ3v) is 23.2. The van der Waals surface area contributed by atoms with Crippen LogP contribution in [0.4, 0.5) is 0 Å². The highest BCUT2D eigenvalue weighted by atomic mass is 16.3. The number of fused-ring (bicyclic) bond motifs is 12. The molecule has 4 aliphatic rings. The molecule has 0 spiro atoms. The maximum Gasteiger partial charge on any atom is 0.115 e. The first-order valence-electron chi connectivity index (χ1n) is 37.0. The topological polar surface area (TPSA) is 80.9 Å². The van der Waals surface area contributed by atoms with Gasteiger partial charge in [0, 0.05) is 10.8 Å². The van der Waals surface area contributed by atoms with Gasteiger partial charge in [-0.15, -0.1) is 0 Å². The molecule has 0 saturated carbocycles. The first-order valence-corrected chi connectivity index (χ1v) is 37.0. The summed E-state index contributed by atoms with van der Waals surface area (Å²) in [5, 5.41) is 45.2. The second-order valence-electron chi connectivity index (χ2n) is 28.8. The molecule has 4 aliphatic carbocycles. The summed E-state index contributed by atoms with van der Waals surface area (Å²) in [6, 6.07) is 66.6. The predicted molar refractivity (Wildman–Crippen MR) is 392 cm³/mol. The molecule has 0 bridgehead atoms. The molecule has 0 radical (unpaired) electrons. The lowest BCUT2D eigenvalue weighted by Crippen LogP contribution is -2.30. The molecule has 0 amide bonds. The van der Waals surface area contributed by atoms with Crippen LogP contribution in [-0.4, -0.2) is 20.4 Å². The van der Waals surface area contributed by atoms with Crippen molar-refractivity contribution in [3.8, 4) is 67.5 Å². The van der Waals surface area contributed by atoms with Gasteiger partial charge in [0.15, 0.2) is 0 Å². The Kier molecular flexibility index (Phi) is 19.5. The lowest BCUT2D eigenvalue weighted by molar-refractivity contribution is 0.398. The molecule has 0 heterocycles.